The Hall–Kier alpha value is -0.770. The fraction of sp³-hybridized carbons (Fsp3) is 0.900. The van der Waals surface area contributed by atoms with Crippen LogP contribution < -0.4 is 5.32 Å². The van der Waals surface area contributed by atoms with Crippen LogP contribution in [0.3, 0.4) is 0 Å². The number of ether oxygens (including phenoxy) is 1. The van der Waals surface area contributed by atoms with E-state index in [0.717, 1.165) is 6.42 Å². The van der Waals surface area contributed by atoms with Crippen LogP contribution in [0.5, 0.6) is 0 Å². The van der Waals surface area contributed by atoms with E-state index in [1.165, 1.54) is 12.8 Å². The van der Waals surface area contributed by atoms with Gasteiger partial charge in [0.2, 0.25) is 0 Å². The van der Waals surface area contributed by atoms with Gasteiger partial charge in [-0.1, -0.05) is 0 Å². The van der Waals surface area contributed by atoms with Crippen LogP contribution in [0.2, 0.25) is 0 Å². The number of carbonyl (C=O) groups is 1. The normalized spacial score (nSPS) is 36.0. The fourth-order valence-corrected chi connectivity index (χ4v) is 2.74. The summed E-state index contributed by atoms with van der Waals surface area (Å²) in [5, 5.41) is 2.94. The molecule has 3 atom stereocenters. The van der Waals surface area contributed by atoms with Gasteiger partial charge in [0.15, 0.2) is 0 Å². The number of nitrogens with one attached hydrogen (secondary N) is 1. The Bertz CT molecular complexity index is 232. The molecule has 80 valence electrons. The monoisotopic (exact) mass is 198 g/mol. The van der Waals surface area contributed by atoms with Crippen molar-refractivity contribution in [2.75, 3.05) is 13.7 Å². The number of carbonyl (C=O) groups excluding carboxylic acids is 1. The molecule has 2 rings (SSSR count). The molecule has 2 aliphatic rings. The zero-order valence-corrected chi connectivity index (χ0v) is 8.82. The number of rotatable bonds is 2. The molecule has 0 unspecified atom stereocenters. The second-order valence-corrected chi connectivity index (χ2v) is 4.17. The third-order valence-corrected chi connectivity index (χ3v) is 3.46. The number of amides is 1. The lowest BCUT2D eigenvalue weighted by molar-refractivity contribution is 0.145. The number of hydrogen-bond acceptors (Lipinski definition) is 3. The fourth-order valence-electron chi connectivity index (χ4n) is 2.74. The van der Waals surface area contributed by atoms with Crippen LogP contribution in [0.25, 0.3) is 0 Å². The van der Waals surface area contributed by atoms with Crippen molar-refractivity contribution in [2.24, 2.45) is 0 Å². The predicted molar refractivity (Wildman–Crippen MR) is 53.1 cm³/mol. The molecular formula is C10H18N2O2. The van der Waals surface area contributed by atoms with Crippen LogP contribution in [-0.2, 0) is 4.74 Å². The van der Waals surface area contributed by atoms with Gasteiger partial charge < -0.3 is 10.1 Å². The Balaban J connectivity index is 1.86. The Morgan fingerprint density at radius 3 is 2.86 bits per heavy atom. The molecule has 2 saturated heterocycles. The average Bonchev–Trinajstić information content (AvgIpc) is 2.61. The predicted octanol–water partition coefficient (Wildman–Crippen LogP) is 0.968. The minimum atomic E-state index is -0.265. The summed E-state index contributed by atoms with van der Waals surface area (Å²) in [7, 11) is 2.15. The van der Waals surface area contributed by atoms with Gasteiger partial charge in [-0.3, -0.25) is 4.90 Å². The molecule has 0 radical (unpaired) electrons. The third-order valence-electron chi connectivity index (χ3n) is 3.46. The van der Waals surface area contributed by atoms with Crippen LogP contribution in [0.15, 0.2) is 0 Å². The molecule has 4 heteroatoms. The lowest BCUT2D eigenvalue weighted by atomic mass is 9.96. The van der Waals surface area contributed by atoms with Gasteiger partial charge in [0.1, 0.15) is 0 Å². The van der Waals surface area contributed by atoms with E-state index >= 15 is 0 Å². The second kappa shape index (κ2) is 3.77. The number of nitrogens with zero attached hydrogens (tertiary/aromatic N) is 1. The van der Waals surface area contributed by atoms with Crippen LogP contribution in [0, 0.1) is 0 Å². The van der Waals surface area contributed by atoms with Crippen molar-refractivity contribution in [1.29, 1.82) is 0 Å². The van der Waals surface area contributed by atoms with Crippen LogP contribution in [-0.4, -0.2) is 42.8 Å². The zero-order chi connectivity index (χ0) is 10.1. The Morgan fingerprint density at radius 1 is 1.57 bits per heavy atom. The summed E-state index contributed by atoms with van der Waals surface area (Å²) in [6.45, 7) is 2.27. The first-order valence-electron chi connectivity index (χ1n) is 5.37. The topological polar surface area (TPSA) is 41.6 Å². The van der Waals surface area contributed by atoms with Crippen LogP contribution in [0.4, 0.5) is 4.79 Å². The number of alkyl carbamates (subject to hydrolysis) is 1. The van der Waals surface area contributed by atoms with Crippen molar-refractivity contribution in [3.63, 3.8) is 0 Å². The maximum Gasteiger partial charge on any atom is 0.407 e. The summed E-state index contributed by atoms with van der Waals surface area (Å²) in [6.07, 6.45) is 3.30. The van der Waals surface area contributed by atoms with E-state index in [9.17, 15) is 4.79 Å². The Kier molecular flexibility index (Phi) is 2.63. The average molecular weight is 198 g/mol. The standard InChI is InChI=1S/C10H18N2O2/c1-3-14-10(13)11-8-6-7-4-5-9(8)12(7)2/h7-9H,3-6H2,1-2H3,(H,11,13)/t7-,8+,9+/m0/s1. The van der Waals surface area contributed by atoms with Gasteiger partial charge in [0.05, 0.1) is 6.61 Å². The highest BCUT2D eigenvalue weighted by molar-refractivity contribution is 5.67. The summed E-state index contributed by atoms with van der Waals surface area (Å²) in [6, 6.07) is 1.51. The third kappa shape index (κ3) is 1.59. The van der Waals surface area contributed by atoms with E-state index in [-0.39, 0.29) is 6.09 Å². The van der Waals surface area contributed by atoms with Gasteiger partial charge in [-0.2, -0.15) is 0 Å². The van der Waals surface area contributed by atoms with Gasteiger partial charge >= 0.3 is 6.09 Å². The largest absolute Gasteiger partial charge is 0.450 e. The van der Waals surface area contributed by atoms with Crippen molar-refractivity contribution in [2.45, 2.75) is 44.3 Å². The first-order valence-corrected chi connectivity index (χ1v) is 5.37. The summed E-state index contributed by atoms with van der Waals surface area (Å²) in [5.74, 6) is 0. The smallest absolute Gasteiger partial charge is 0.407 e. The molecule has 0 aromatic heterocycles. The summed E-state index contributed by atoms with van der Waals surface area (Å²) < 4.78 is 4.88. The second-order valence-electron chi connectivity index (χ2n) is 4.17. The molecular weight excluding hydrogens is 180 g/mol. The van der Waals surface area contributed by atoms with Crippen LogP contribution in [0.1, 0.15) is 26.2 Å². The van der Waals surface area contributed by atoms with E-state index in [1.807, 2.05) is 6.92 Å². The summed E-state index contributed by atoms with van der Waals surface area (Å²) >= 11 is 0. The first-order chi connectivity index (χ1) is 6.72. The van der Waals surface area contributed by atoms with E-state index < -0.39 is 0 Å². The van der Waals surface area contributed by atoms with Crippen molar-refractivity contribution >= 4 is 6.09 Å². The lowest BCUT2D eigenvalue weighted by Crippen LogP contribution is -2.43. The molecule has 2 aliphatic heterocycles. The molecule has 2 heterocycles. The number of hydrogen-bond donors (Lipinski definition) is 1. The van der Waals surface area contributed by atoms with Crippen molar-refractivity contribution in [3.8, 4) is 0 Å². The highest BCUT2D eigenvalue weighted by Gasteiger charge is 2.44. The molecule has 1 N–H and O–H groups in total. The highest BCUT2D eigenvalue weighted by atomic mass is 16.5. The van der Waals surface area contributed by atoms with E-state index in [4.69, 9.17) is 4.74 Å². The molecule has 0 aromatic rings. The molecule has 2 bridgehead atoms. The van der Waals surface area contributed by atoms with Crippen molar-refractivity contribution < 1.29 is 9.53 Å². The van der Waals surface area contributed by atoms with Gasteiger partial charge in [-0.25, -0.2) is 4.79 Å². The van der Waals surface area contributed by atoms with E-state index in [0.29, 0.717) is 24.7 Å². The van der Waals surface area contributed by atoms with Gasteiger partial charge in [0.25, 0.3) is 0 Å². The molecule has 4 nitrogen and oxygen atoms in total. The number of likely N-dealkylation sites (N-methyl/N-ethyl adjacent to an activating group) is 1. The molecule has 1 amide bonds. The van der Waals surface area contributed by atoms with E-state index in [2.05, 4.69) is 17.3 Å². The Labute approximate surface area is 84.6 Å². The zero-order valence-electron chi connectivity index (χ0n) is 8.82. The quantitative estimate of drug-likeness (QED) is 0.718. The molecule has 0 spiro atoms. The lowest BCUT2D eigenvalue weighted by Gasteiger charge is -2.22. The van der Waals surface area contributed by atoms with Gasteiger partial charge in [0, 0.05) is 18.1 Å². The molecule has 0 aromatic carbocycles. The van der Waals surface area contributed by atoms with E-state index in [1.54, 1.807) is 0 Å². The van der Waals surface area contributed by atoms with Crippen molar-refractivity contribution in [1.82, 2.24) is 10.2 Å². The van der Waals surface area contributed by atoms with Gasteiger partial charge in [-0.15, -0.1) is 0 Å². The minimum absolute atomic E-state index is 0.265. The maximum atomic E-state index is 11.2. The highest BCUT2D eigenvalue weighted by Crippen LogP contribution is 2.36. The maximum absolute atomic E-state index is 11.2. The molecule has 14 heavy (non-hydrogen) atoms. The Morgan fingerprint density at radius 2 is 2.36 bits per heavy atom. The van der Waals surface area contributed by atoms with Crippen LogP contribution >= 0.6 is 0 Å². The molecule has 0 saturated carbocycles. The minimum Gasteiger partial charge on any atom is -0.450 e. The van der Waals surface area contributed by atoms with Gasteiger partial charge in [-0.05, 0) is 33.2 Å². The molecule has 2 fully saturated rings. The summed E-state index contributed by atoms with van der Waals surface area (Å²) in [4.78, 5) is 13.6. The van der Waals surface area contributed by atoms with Crippen molar-refractivity contribution in [3.05, 3.63) is 0 Å². The molecule has 0 aliphatic carbocycles. The summed E-state index contributed by atoms with van der Waals surface area (Å²) in [5.41, 5.74) is 0. The number of fused-ring (bicyclic) bond motifs is 2. The SMILES string of the molecule is CCOC(=O)N[C@@H]1C[C@@H]2CC[C@H]1N2C. The first kappa shape index (κ1) is 9.77.